The van der Waals surface area contributed by atoms with Crippen molar-refractivity contribution in [1.82, 2.24) is 10.3 Å². The fraction of sp³-hybridized carbons (Fsp3) is 0.190. The minimum atomic E-state index is -0.553. The minimum absolute atomic E-state index is 0.250. The first-order valence-electron chi connectivity index (χ1n) is 8.69. The Morgan fingerprint density at radius 3 is 2.64 bits per heavy atom. The van der Waals surface area contributed by atoms with E-state index in [2.05, 4.69) is 10.3 Å². The highest BCUT2D eigenvalue weighted by Gasteiger charge is 2.19. The lowest BCUT2D eigenvalue weighted by Crippen LogP contribution is -2.31. The third kappa shape index (κ3) is 4.97. The first-order chi connectivity index (χ1) is 13.4. The van der Waals surface area contributed by atoms with E-state index in [0.717, 1.165) is 16.1 Å². The third-order valence-electron chi connectivity index (χ3n) is 4.06. The maximum absolute atomic E-state index is 12.4. The molecule has 7 heteroatoms. The molecule has 5 nitrogen and oxygen atoms in total. The molecular weight excluding hydrogens is 396 g/mol. The van der Waals surface area contributed by atoms with Gasteiger partial charge in [-0.1, -0.05) is 54.1 Å². The molecule has 0 aliphatic heterocycles. The van der Waals surface area contributed by atoms with Gasteiger partial charge < -0.3 is 10.1 Å². The number of esters is 1. The summed E-state index contributed by atoms with van der Waals surface area (Å²) < 4.78 is 5.17. The van der Waals surface area contributed by atoms with Crippen molar-refractivity contribution in [3.63, 3.8) is 0 Å². The van der Waals surface area contributed by atoms with E-state index in [1.807, 2.05) is 49.4 Å². The topological polar surface area (TPSA) is 68.3 Å². The smallest absolute Gasteiger partial charge is 0.350 e. The number of ether oxygens (including phenoxy) is 1. The van der Waals surface area contributed by atoms with E-state index in [0.29, 0.717) is 15.6 Å². The number of aryl methyl sites for hydroxylation is 1. The Balaban J connectivity index is 1.58. The zero-order chi connectivity index (χ0) is 20.1. The second kappa shape index (κ2) is 8.99. The number of amides is 1. The van der Waals surface area contributed by atoms with Crippen molar-refractivity contribution in [2.24, 2.45) is 0 Å². The lowest BCUT2D eigenvalue weighted by molar-refractivity contribution is -0.124. The average molecular weight is 415 g/mol. The Hall–Kier alpha value is -2.70. The Bertz CT molecular complexity index is 988. The number of aromatic nitrogens is 1. The van der Waals surface area contributed by atoms with E-state index in [-0.39, 0.29) is 18.6 Å². The van der Waals surface area contributed by atoms with Crippen LogP contribution in [0.1, 0.15) is 33.9 Å². The number of carbonyl (C=O) groups is 2. The van der Waals surface area contributed by atoms with Crippen molar-refractivity contribution >= 4 is 34.8 Å². The molecule has 0 saturated heterocycles. The number of nitrogens with one attached hydrogen (secondary N) is 1. The summed E-state index contributed by atoms with van der Waals surface area (Å²) in [7, 11) is 0. The maximum Gasteiger partial charge on any atom is 0.350 e. The number of thiazole rings is 1. The average Bonchev–Trinajstić information content (AvgIpc) is 3.08. The molecule has 1 aromatic heterocycles. The monoisotopic (exact) mass is 414 g/mol. The van der Waals surface area contributed by atoms with Gasteiger partial charge in [-0.15, -0.1) is 11.3 Å². The Labute approximate surface area is 172 Å². The quantitative estimate of drug-likeness (QED) is 0.588. The van der Waals surface area contributed by atoms with E-state index in [9.17, 15) is 9.59 Å². The minimum Gasteiger partial charge on any atom is -0.451 e. The van der Waals surface area contributed by atoms with Crippen LogP contribution in [0.4, 0.5) is 0 Å². The number of rotatable bonds is 6. The van der Waals surface area contributed by atoms with Crippen molar-refractivity contribution in [3.8, 4) is 10.6 Å². The molecule has 0 bridgehead atoms. The lowest BCUT2D eigenvalue weighted by Gasteiger charge is -2.14. The Morgan fingerprint density at radius 1 is 1.18 bits per heavy atom. The molecule has 144 valence electrons. The Kier molecular flexibility index (Phi) is 6.44. The van der Waals surface area contributed by atoms with Gasteiger partial charge in [0.2, 0.25) is 0 Å². The fourth-order valence-electron chi connectivity index (χ4n) is 2.63. The van der Waals surface area contributed by atoms with Gasteiger partial charge in [0.25, 0.3) is 5.91 Å². The second-order valence-electron chi connectivity index (χ2n) is 6.22. The van der Waals surface area contributed by atoms with Gasteiger partial charge in [0, 0.05) is 10.6 Å². The number of nitrogens with zero attached hydrogens (tertiary/aromatic N) is 1. The predicted molar refractivity (Wildman–Crippen MR) is 111 cm³/mol. The lowest BCUT2D eigenvalue weighted by atomic mass is 10.1. The summed E-state index contributed by atoms with van der Waals surface area (Å²) in [4.78, 5) is 29.3. The Morgan fingerprint density at radius 2 is 1.93 bits per heavy atom. The van der Waals surface area contributed by atoms with Crippen LogP contribution in [-0.2, 0) is 9.53 Å². The summed E-state index contributed by atoms with van der Waals surface area (Å²) in [5.41, 5.74) is 2.39. The highest BCUT2D eigenvalue weighted by molar-refractivity contribution is 7.17. The molecule has 28 heavy (non-hydrogen) atoms. The van der Waals surface area contributed by atoms with Crippen LogP contribution in [0.15, 0.2) is 54.6 Å². The fourth-order valence-corrected chi connectivity index (χ4v) is 3.79. The molecule has 2 aromatic carbocycles. The standard InChI is InChI=1S/C21H19ClN2O3S/c1-13(16-9-6-10-17(22)11-16)23-18(25)12-27-21(26)19-14(2)24-20(28-19)15-7-4-3-5-8-15/h3-11,13H,12H2,1-2H3,(H,23,25)/t13-/m0/s1. The molecule has 3 rings (SSSR count). The number of benzene rings is 2. The van der Waals surface area contributed by atoms with Crippen LogP contribution in [0.2, 0.25) is 5.02 Å². The molecule has 1 heterocycles. The van der Waals surface area contributed by atoms with Gasteiger partial charge in [0.1, 0.15) is 9.88 Å². The highest BCUT2D eigenvalue weighted by atomic mass is 35.5. The largest absolute Gasteiger partial charge is 0.451 e. The summed E-state index contributed by atoms with van der Waals surface area (Å²) in [6.45, 7) is 3.23. The van der Waals surface area contributed by atoms with Crippen LogP contribution in [0.3, 0.4) is 0 Å². The van der Waals surface area contributed by atoms with Gasteiger partial charge in [-0.3, -0.25) is 4.79 Å². The number of hydrogen-bond acceptors (Lipinski definition) is 5. The van der Waals surface area contributed by atoms with Gasteiger partial charge in [-0.25, -0.2) is 9.78 Å². The van der Waals surface area contributed by atoms with Crippen LogP contribution in [0.25, 0.3) is 10.6 Å². The van der Waals surface area contributed by atoms with Crippen LogP contribution < -0.4 is 5.32 Å². The summed E-state index contributed by atoms with van der Waals surface area (Å²) >= 11 is 7.22. The van der Waals surface area contributed by atoms with E-state index < -0.39 is 5.97 Å². The zero-order valence-corrected chi connectivity index (χ0v) is 17.0. The molecule has 0 unspecified atom stereocenters. The first kappa shape index (κ1) is 20.0. The van der Waals surface area contributed by atoms with Crippen molar-refractivity contribution in [2.75, 3.05) is 6.61 Å². The normalized spacial score (nSPS) is 11.7. The molecule has 0 aliphatic carbocycles. The third-order valence-corrected chi connectivity index (χ3v) is 5.48. The van der Waals surface area contributed by atoms with E-state index >= 15 is 0 Å². The van der Waals surface area contributed by atoms with Crippen LogP contribution in [-0.4, -0.2) is 23.5 Å². The summed E-state index contributed by atoms with van der Waals surface area (Å²) in [6.07, 6.45) is 0. The van der Waals surface area contributed by atoms with Crippen molar-refractivity contribution in [2.45, 2.75) is 19.9 Å². The van der Waals surface area contributed by atoms with Gasteiger partial charge in [-0.05, 0) is 31.5 Å². The summed E-state index contributed by atoms with van der Waals surface area (Å²) in [5.74, 6) is -0.936. The molecule has 3 aromatic rings. The number of halogens is 1. The van der Waals surface area contributed by atoms with Crippen LogP contribution >= 0.6 is 22.9 Å². The molecule has 0 aliphatic rings. The zero-order valence-electron chi connectivity index (χ0n) is 15.4. The van der Waals surface area contributed by atoms with E-state index in [1.54, 1.807) is 19.1 Å². The van der Waals surface area contributed by atoms with Crippen molar-refractivity contribution in [1.29, 1.82) is 0 Å². The van der Waals surface area contributed by atoms with Gasteiger partial charge >= 0.3 is 5.97 Å². The highest BCUT2D eigenvalue weighted by Crippen LogP contribution is 2.28. The van der Waals surface area contributed by atoms with Gasteiger partial charge in [0.05, 0.1) is 11.7 Å². The molecule has 0 fully saturated rings. The number of carbonyl (C=O) groups excluding carboxylic acids is 2. The molecular formula is C21H19ClN2O3S. The molecule has 1 amide bonds. The molecule has 0 spiro atoms. The number of hydrogen-bond donors (Lipinski definition) is 1. The second-order valence-corrected chi connectivity index (χ2v) is 7.66. The van der Waals surface area contributed by atoms with E-state index in [1.165, 1.54) is 11.3 Å². The van der Waals surface area contributed by atoms with Crippen molar-refractivity contribution < 1.29 is 14.3 Å². The first-order valence-corrected chi connectivity index (χ1v) is 9.88. The molecule has 0 saturated carbocycles. The maximum atomic E-state index is 12.4. The van der Waals surface area contributed by atoms with Crippen LogP contribution in [0, 0.1) is 6.92 Å². The predicted octanol–water partition coefficient (Wildman–Crippen LogP) is 4.81. The van der Waals surface area contributed by atoms with Gasteiger partial charge in [0.15, 0.2) is 6.61 Å². The van der Waals surface area contributed by atoms with Gasteiger partial charge in [-0.2, -0.15) is 0 Å². The molecule has 0 radical (unpaired) electrons. The van der Waals surface area contributed by atoms with Crippen molar-refractivity contribution in [3.05, 3.63) is 75.8 Å². The summed E-state index contributed by atoms with van der Waals surface area (Å²) in [6, 6.07) is 16.6. The molecule has 1 atom stereocenters. The summed E-state index contributed by atoms with van der Waals surface area (Å²) in [5, 5.41) is 4.13. The molecule has 1 N–H and O–H groups in total. The van der Waals surface area contributed by atoms with Crippen LogP contribution in [0.5, 0.6) is 0 Å². The van der Waals surface area contributed by atoms with E-state index in [4.69, 9.17) is 16.3 Å². The SMILES string of the molecule is Cc1nc(-c2ccccc2)sc1C(=O)OCC(=O)N[C@@H](C)c1cccc(Cl)c1.